The molecule has 2 rings (SSSR count). The molecule has 1 atom stereocenters. The van der Waals surface area contributed by atoms with Crippen molar-refractivity contribution >= 4 is 17.2 Å². The zero-order valence-electron chi connectivity index (χ0n) is 11.8. The minimum atomic E-state index is -0.209. The Hall–Kier alpha value is -1.73. The van der Waals surface area contributed by atoms with Crippen molar-refractivity contribution in [3.05, 3.63) is 34.0 Å². The lowest BCUT2D eigenvalue weighted by molar-refractivity contribution is -0.121. The largest absolute Gasteiger partial charge is 0.382 e. The molecule has 1 N–H and O–H groups in total. The molecule has 0 bridgehead atoms. The number of nitrogens with zero attached hydrogens (tertiary/aromatic N) is 3. The third-order valence-corrected chi connectivity index (χ3v) is 3.71. The van der Waals surface area contributed by atoms with E-state index in [9.17, 15) is 4.79 Å². The van der Waals surface area contributed by atoms with Gasteiger partial charge in [-0.05, 0) is 13.0 Å². The van der Waals surface area contributed by atoms with E-state index in [1.54, 1.807) is 29.3 Å². The van der Waals surface area contributed by atoms with E-state index in [2.05, 4.69) is 15.4 Å². The average molecular weight is 294 g/mol. The highest BCUT2D eigenvalue weighted by atomic mass is 32.1. The molecule has 0 fully saturated rings. The van der Waals surface area contributed by atoms with E-state index in [-0.39, 0.29) is 18.4 Å². The van der Waals surface area contributed by atoms with Crippen molar-refractivity contribution < 1.29 is 9.53 Å². The minimum absolute atomic E-state index is 0.0708. The summed E-state index contributed by atoms with van der Waals surface area (Å²) in [5.74, 6) is -0.0708. The molecule has 2 heterocycles. The maximum absolute atomic E-state index is 12.1. The van der Waals surface area contributed by atoms with Gasteiger partial charge in [-0.1, -0.05) is 0 Å². The molecule has 2 aromatic heterocycles. The van der Waals surface area contributed by atoms with Gasteiger partial charge >= 0.3 is 0 Å². The number of aryl methyl sites for hydroxylation is 2. The molecule has 0 saturated heterocycles. The van der Waals surface area contributed by atoms with Gasteiger partial charge < -0.3 is 10.1 Å². The summed E-state index contributed by atoms with van der Waals surface area (Å²) < 4.78 is 6.90. The molecule has 0 aliphatic heterocycles. The van der Waals surface area contributed by atoms with E-state index in [1.807, 2.05) is 25.4 Å². The number of carbonyl (C=O) groups excluding carboxylic acids is 1. The van der Waals surface area contributed by atoms with Gasteiger partial charge in [-0.2, -0.15) is 5.10 Å². The molecule has 20 heavy (non-hydrogen) atoms. The molecule has 6 nitrogen and oxygen atoms in total. The highest BCUT2D eigenvalue weighted by Gasteiger charge is 2.18. The van der Waals surface area contributed by atoms with Crippen LogP contribution in [0.5, 0.6) is 0 Å². The topological polar surface area (TPSA) is 69.0 Å². The number of hydrogen-bond donors (Lipinski definition) is 1. The third-order valence-electron chi connectivity index (χ3n) is 2.89. The maximum atomic E-state index is 12.1. The number of nitrogens with one attached hydrogen (secondary N) is 1. The lowest BCUT2D eigenvalue weighted by atomic mass is 10.2. The first-order valence-corrected chi connectivity index (χ1v) is 7.15. The Morgan fingerprint density at radius 2 is 2.40 bits per heavy atom. The van der Waals surface area contributed by atoms with Gasteiger partial charge in [0.05, 0.1) is 35.5 Å². The molecule has 0 spiro atoms. The molecule has 0 radical (unpaired) electrons. The first kappa shape index (κ1) is 14.7. The average Bonchev–Trinajstić information content (AvgIpc) is 2.98. The van der Waals surface area contributed by atoms with Crippen molar-refractivity contribution in [1.82, 2.24) is 20.1 Å². The monoisotopic (exact) mass is 294 g/mol. The highest BCUT2D eigenvalue weighted by Crippen LogP contribution is 2.13. The van der Waals surface area contributed by atoms with Gasteiger partial charge in [-0.25, -0.2) is 4.98 Å². The standard InChI is InChI=1S/C13H18N4O2S/c1-9-15-10(8-20-9)6-13(18)16-11(7-19-3)12-4-5-14-17(12)2/h4-5,8,11H,6-7H2,1-3H3,(H,16,18)/t11-/m0/s1. The first-order valence-electron chi connectivity index (χ1n) is 6.27. The summed E-state index contributed by atoms with van der Waals surface area (Å²) in [6, 6.07) is 1.66. The summed E-state index contributed by atoms with van der Waals surface area (Å²) in [6.45, 7) is 2.33. The molecule has 0 aliphatic rings. The third kappa shape index (κ3) is 3.64. The van der Waals surface area contributed by atoms with Crippen molar-refractivity contribution in [2.75, 3.05) is 13.7 Å². The predicted molar refractivity (Wildman–Crippen MR) is 76.5 cm³/mol. The number of ether oxygens (including phenoxy) is 1. The number of aromatic nitrogens is 3. The fourth-order valence-electron chi connectivity index (χ4n) is 1.99. The van der Waals surface area contributed by atoms with Crippen LogP contribution in [-0.4, -0.2) is 34.4 Å². The van der Waals surface area contributed by atoms with Gasteiger partial charge in [0.15, 0.2) is 0 Å². The lowest BCUT2D eigenvalue weighted by Crippen LogP contribution is -2.33. The van der Waals surface area contributed by atoms with Crippen LogP contribution >= 0.6 is 11.3 Å². The highest BCUT2D eigenvalue weighted by molar-refractivity contribution is 7.09. The van der Waals surface area contributed by atoms with Crippen LogP contribution in [0.15, 0.2) is 17.6 Å². The first-order chi connectivity index (χ1) is 9.60. The summed E-state index contributed by atoms with van der Waals surface area (Å²) in [5, 5.41) is 9.94. The van der Waals surface area contributed by atoms with Crippen LogP contribution in [0.1, 0.15) is 22.4 Å². The molecule has 0 saturated carbocycles. The van der Waals surface area contributed by atoms with Gasteiger partial charge in [0.1, 0.15) is 0 Å². The summed E-state index contributed by atoms with van der Waals surface area (Å²) >= 11 is 1.55. The van der Waals surface area contributed by atoms with E-state index in [4.69, 9.17) is 4.74 Å². The molecule has 0 unspecified atom stereocenters. The number of rotatable bonds is 6. The van der Waals surface area contributed by atoms with E-state index in [0.717, 1.165) is 16.4 Å². The molecular weight excluding hydrogens is 276 g/mol. The van der Waals surface area contributed by atoms with Crippen LogP contribution in [0.25, 0.3) is 0 Å². The fourth-order valence-corrected chi connectivity index (χ4v) is 2.61. The number of thiazole rings is 1. The quantitative estimate of drug-likeness (QED) is 0.870. The van der Waals surface area contributed by atoms with Crippen molar-refractivity contribution in [1.29, 1.82) is 0 Å². The Bertz CT molecular complexity index is 578. The van der Waals surface area contributed by atoms with Gasteiger partial charge in [-0.15, -0.1) is 11.3 Å². The summed E-state index contributed by atoms with van der Waals surface area (Å²) in [4.78, 5) is 16.4. The zero-order chi connectivity index (χ0) is 14.5. The van der Waals surface area contributed by atoms with Gasteiger partial charge in [0.2, 0.25) is 5.91 Å². The summed E-state index contributed by atoms with van der Waals surface area (Å²) in [6.07, 6.45) is 1.98. The predicted octanol–water partition coefficient (Wildman–Crippen LogP) is 1.23. The van der Waals surface area contributed by atoms with E-state index in [0.29, 0.717) is 6.61 Å². The summed E-state index contributed by atoms with van der Waals surface area (Å²) in [7, 11) is 3.45. The molecular formula is C13H18N4O2S. The Labute approximate surface area is 121 Å². The molecule has 108 valence electrons. The summed E-state index contributed by atoms with van der Waals surface area (Å²) in [5.41, 5.74) is 1.71. The number of amides is 1. The van der Waals surface area contributed by atoms with Crippen molar-refractivity contribution in [3.63, 3.8) is 0 Å². The minimum Gasteiger partial charge on any atom is -0.382 e. The van der Waals surface area contributed by atoms with Gasteiger partial charge in [-0.3, -0.25) is 9.48 Å². The van der Waals surface area contributed by atoms with Crippen LogP contribution in [-0.2, 0) is 23.0 Å². The Kier molecular flexibility index (Phi) is 4.86. The maximum Gasteiger partial charge on any atom is 0.226 e. The van der Waals surface area contributed by atoms with Gasteiger partial charge in [0, 0.05) is 25.7 Å². The lowest BCUT2D eigenvalue weighted by Gasteiger charge is -2.18. The molecule has 7 heteroatoms. The van der Waals surface area contributed by atoms with E-state index < -0.39 is 0 Å². The number of carbonyl (C=O) groups is 1. The number of hydrogen-bond acceptors (Lipinski definition) is 5. The van der Waals surface area contributed by atoms with Crippen molar-refractivity contribution in [3.8, 4) is 0 Å². The van der Waals surface area contributed by atoms with Crippen LogP contribution in [0, 0.1) is 6.92 Å². The zero-order valence-corrected chi connectivity index (χ0v) is 12.6. The van der Waals surface area contributed by atoms with Crippen molar-refractivity contribution in [2.45, 2.75) is 19.4 Å². The van der Waals surface area contributed by atoms with E-state index in [1.165, 1.54) is 0 Å². The van der Waals surface area contributed by atoms with Crippen molar-refractivity contribution in [2.24, 2.45) is 7.05 Å². The van der Waals surface area contributed by atoms with Crippen LogP contribution in [0.3, 0.4) is 0 Å². The van der Waals surface area contributed by atoms with Crippen LogP contribution < -0.4 is 5.32 Å². The Morgan fingerprint density at radius 3 is 2.95 bits per heavy atom. The Balaban J connectivity index is 2.01. The molecule has 1 amide bonds. The van der Waals surface area contributed by atoms with Crippen LogP contribution in [0.2, 0.25) is 0 Å². The SMILES string of the molecule is COC[C@H](NC(=O)Cc1csc(C)n1)c1ccnn1C. The van der Waals surface area contributed by atoms with Gasteiger partial charge in [0.25, 0.3) is 0 Å². The number of methoxy groups -OCH3 is 1. The fraction of sp³-hybridized carbons (Fsp3) is 0.462. The molecule has 2 aromatic rings. The second-order valence-electron chi connectivity index (χ2n) is 4.49. The smallest absolute Gasteiger partial charge is 0.226 e. The van der Waals surface area contributed by atoms with E-state index >= 15 is 0 Å². The second-order valence-corrected chi connectivity index (χ2v) is 5.55. The second kappa shape index (κ2) is 6.62. The normalized spacial score (nSPS) is 12.3. The molecule has 0 aromatic carbocycles. The Morgan fingerprint density at radius 1 is 1.60 bits per heavy atom. The molecule has 0 aliphatic carbocycles. The van der Waals surface area contributed by atoms with Crippen LogP contribution in [0.4, 0.5) is 0 Å².